The van der Waals surface area contributed by atoms with Crippen molar-refractivity contribution in [1.82, 2.24) is 9.55 Å². The lowest BCUT2D eigenvalue weighted by Crippen LogP contribution is -2.37. The summed E-state index contributed by atoms with van der Waals surface area (Å²) in [6, 6.07) is 2.68. The number of benzene rings is 1. The predicted octanol–water partition coefficient (Wildman–Crippen LogP) is 0.850. The van der Waals surface area contributed by atoms with Crippen LogP contribution in [0.3, 0.4) is 0 Å². The normalized spacial score (nSPS) is 22.5. The molecule has 0 aliphatic carbocycles. The topological polar surface area (TPSA) is 117 Å². The number of hydrogen-bond acceptors (Lipinski definition) is 6. The summed E-state index contributed by atoms with van der Waals surface area (Å²) in [5.41, 5.74) is 5.47. The summed E-state index contributed by atoms with van der Waals surface area (Å²) in [5.74, 6) is -0.283. The predicted molar refractivity (Wildman–Crippen MR) is 97.5 cm³/mol. The van der Waals surface area contributed by atoms with Gasteiger partial charge in [-0.15, -0.1) is 0 Å². The molecule has 3 unspecified atom stereocenters. The van der Waals surface area contributed by atoms with Crippen molar-refractivity contribution in [2.75, 3.05) is 24.6 Å². The fraction of sp³-hybridized carbons (Fsp3) is 0.500. The molecule has 0 bridgehead atoms. The Kier molecular flexibility index (Phi) is 4.15. The van der Waals surface area contributed by atoms with Crippen LogP contribution in [0.1, 0.15) is 25.8 Å². The van der Waals surface area contributed by atoms with Gasteiger partial charge >= 0.3 is 5.69 Å². The Hall–Kier alpha value is -2.86. The third kappa shape index (κ3) is 2.68. The van der Waals surface area contributed by atoms with E-state index in [1.165, 1.54) is 4.57 Å². The number of H-pyrrole nitrogens is 1. The third-order valence-corrected chi connectivity index (χ3v) is 5.49. The molecule has 1 aromatic heterocycles. The molecule has 4 rings (SSSR count). The van der Waals surface area contributed by atoms with Gasteiger partial charge < -0.3 is 15.4 Å². The molecule has 2 aromatic rings. The van der Waals surface area contributed by atoms with Crippen LogP contribution < -0.4 is 26.6 Å². The van der Waals surface area contributed by atoms with E-state index in [1.807, 2.05) is 4.90 Å². The van der Waals surface area contributed by atoms with Gasteiger partial charge in [0.1, 0.15) is 17.8 Å². The minimum atomic E-state index is -0.633. The molecular formula is C18H20FN5O3. The molecule has 8 nitrogen and oxygen atoms in total. The summed E-state index contributed by atoms with van der Waals surface area (Å²) < 4.78 is 22.2. The highest BCUT2D eigenvalue weighted by molar-refractivity contribution is 5.91. The molecule has 2 aliphatic heterocycles. The van der Waals surface area contributed by atoms with Gasteiger partial charge in [-0.25, -0.2) is 9.18 Å². The summed E-state index contributed by atoms with van der Waals surface area (Å²) in [5, 5.41) is 8.94. The maximum Gasteiger partial charge on any atom is 0.329 e. The first-order chi connectivity index (χ1) is 12.9. The van der Waals surface area contributed by atoms with Gasteiger partial charge in [0.2, 0.25) is 0 Å². The lowest BCUT2D eigenvalue weighted by molar-refractivity contribution is 0.242. The molecule has 2 aliphatic rings. The highest BCUT2D eigenvalue weighted by Gasteiger charge is 2.34. The number of aromatic amines is 1. The van der Waals surface area contributed by atoms with Crippen LogP contribution in [0, 0.1) is 23.1 Å². The molecule has 1 aromatic carbocycles. The molecule has 0 radical (unpaired) electrons. The molecule has 0 amide bonds. The maximum atomic E-state index is 15.0. The number of aromatic nitrogens is 2. The van der Waals surface area contributed by atoms with E-state index >= 15 is 0 Å². The van der Waals surface area contributed by atoms with Crippen LogP contribution in [0.25, 0.3) is 10.9 Å². The molecular weight excluding hydrogens is 353 g/mol. The minimum Gasteiger partial charge on any atom is -0.487 e. The van der Waals surface area contributed by atoms with E-state index in [-0.39, 0.29) is 47.9 Å². The van der Waals surface area contributed by atoms with Gasteiger partial charge in [0.15, 0.2) is 11.6 Å². The Bertz CT molecular complexity index is 1070. The van der Waals surface area contributed by atoms with Crippen molar-refractivity contribution in [2.24, 2.45) is 11.7 Å². The number of halogens is 1. The standard InChI is InChI=1S/C18H20FN5O3/c1-9-8-27-16-14-11(17(25)22-18(26)24(9)14)6-12(19)15(16)23-5-3-10(7-23)13(21)2-4-20/h6,9-10,13H,2-3,5,7-8,21H2,1H3,(H,22,25,26). The van der Waals surface area contributed by atoms with Gasteiger partial charge in [-0.2, -0.15) is 5.26 Å². The van der Waals surface area contributed by atoms with E-state index in [0.29, 0.717) is 18.6 Å². The third-order valence-electron chi connectivity index (χ3n) is 5.49. The molecule has 3 atom stereocenters. The average Bonchev–Trinajstić information content (AvgIpc) is 3.10. The number of ether oxygens (including phenoxy) is 1. The van der Waals surface area contributed by atoms with Crippen molar-refractivity contribution in [3.05, 3.63) is 32.7 Å². The van der Waals surface area contributed by atoms with Gasteiger partial charge in [0, 0.05) is 19.1 Å². The first-order valence-corrected chi connectivity index (χ1v) is 8.93. The first kappa shape index (κ1) is 17.5. The van der Waals surface area contributed by atoms with Gasteiger partial charge in [0.05, 0.1) is 23.9 Å². The fourth-order valence-electron chi connectivity index (χ4n) is 4.09. The van der Waals surface area contributed by atoms with E-state index in [4.69, 9.17) is 15.7 Å². The zero-order chi connectivity index (χ0) is 19.3. The Balaban J connectivity index is 1.87. The quantitative estimate of drug-likeness (QED) is 0.824. The van der Waals surface area contributed by atoms with E-state index in [0.717, 1.165) is 12.5 Å². The van der Waals surface area contributed by atoms with Crippen LogP contribution in [0.15, 0.2) is 15.7 Å². The monoisotopic (exact) mass is 373 g/mol. The SMILES string of the molecule is CC1COc2c(N3CCC(C(N)CC#N)C3)c(F)cc3c(=O)[nH]c(=O)n1c23. The van der Waals surface area contributed by atoms with Crippen molar-refractivity contribution in [2.45, 2.75) is 31.8 Å². The lowest BCUT2D eigenvalue weighted by Gasteiger charge is -2.30. The molecule has 142 valence electrons. The van der Waals surface area contributed by atoms with Crippen LogP contribution in [-0.2, 0) is 0 Å². The van der Waals surface area contributed by atoms with Crippen molar-refractivity contribution in [3.63, 3.8) is 0 Å². The average molecular weight is 373 g/mol. The molecule has 3 heterocycles. The van der Waals surface area contributed by atoms with Crippen LogP contribution in [0.5, 0.6) is 5.75 Å². The van der Waals surface area contributed by atoms with Crippen LogP contribution in [0.2, 0.25) is 0 Å². The van der Waals surface area contributed by atoms with E-state index in [1.54, 1.807) is 6.92 Å². The van der Waals surface area contributed by atoms with Gasteiger partial charge in [-0.3, -0.25) is 14.3 Å². The number of nitrogens with zero attached hydrogens (tertiary/aromatic N) is 3. The number of rotatable bonds is 3. The Morgan fingerprint density at radius 1 is 1.52 bits per heavy atom. The summed E-state index contributed by atoms with van der Waals surface area (Å²) in [7, 11) is 0. The highest BCUT2D eigenvalue weighted by Crippen LogP contribution is 2.42. The maximum absolute atomic E-state index is 15.0. The van der Waals surface area contributed by atoms with Crippen molar-refractivity contribution in [1.29, 1.82) is 5.26 Å². The van der Waals surface area contributed by atoms with Crippen LogP contribution in [-0.4, -0.2) is 35.3 Å². The molecule has 27 heavy (non-hydrogen) atoms. The van der Waals surface area contributed by atoms with E-state index in [9.17, 15) is 14.0 Å². The minimum absolute atomic E-state index is 0.0656. The van der Waals surface area contributed by atoms with E-state index in [2.05, 4.69) is 11.1 Å². The Labute approximate surface area is 153 Å². The van der Waals surface area contributed by atoms with Gasteiger partial charge in [-0.1, -0.05) is 0 Å². The summed E-state index contributed by atoms with van der Waals surface area (Å²) in [4.78, 5) is 28.6. The lowest BCUT2D eigenvalue weighted by atomic mass is 9.98. The number of nitrogens with two attached hydrogens (primary N) is 1. The fourth-order valence-corrected chi connectivity index (χ4v) is 4.09. The second-order valence-electron chi connectivity index (χ2n) is 7.24. The molecule has 1 saturated heterocycles. The highest BCUT2D eigenvalue weighted by atomic mass is 19.1. The van der Waals surface area contributed by atoms with Crippen molar-refractivity contribution in [3.8, 4) is 11.8 Å². The zero-order valence-electron chi connectivity index (χ0n) is 14.9. The van der Waals surface area contributed by atoms with Crippen molar-refractivity contribution < 1.29 is 9.13 Å². The number of hydrogen-bond donors (Lipinski definition) is 2. The first-order valence-electron chi connectivity index (χ1n) is 8.93. The van der Waals surface area contributed by atoms with Gasteiger partial charge in [-0.05, 0) is 25.3 Å². The van der Waals surface area contributed by atoms with Crippen LogP contribution in [0.4, 0.5) is 10.1 Å². The number of nitriles is 1. The number of nitrogens with one attached hydrogen (secondary N) is 1. The van der Waals surface area contributed by atoms with Gasteiger partial charge in [0.25, 0.3) is 5.56 Å². The van der Waals surface area contributed by atoms with E-state index < -0.39 is 17.1 Å². The second kappa shape index (κ2) is 6.39. The second-order valence-corrected chi connectivity index (χ2v) is 7.24. The molecule has 0 spiro atoms. The Morgan fingerprint density at radius 3 is 3.04 bits per heavy atom. The summed E-state index contributed by atoms with van der Waals surface area (Å²) in [6.07, 6.45) is 0.979. The largest absolute Gasteiger partial charge is 0.487 e. The molecule has 1 fully saturated rings. The Morgan fingerprint density at radius 2 is 2.30 bits per heavy atom. The molecule has 0 saturated carbocycles. The smallest absolute Gasteiger partial charge is 0.329 e. The molecule has 3 N–H and O–H groups in total. The van der Waals surface area contributed by atoms with Crippen molar-refractivity contribution >= 4 is 16.6 Å². The summed E-state index contributed by atoms with van der Waals surface area (Å²) >= 11 is 0. The zero-order valence-corrected chi connectivity index (χ0v) is 14.9. The molecule has 9 heteroatoms. The van der Waals surface area contributed by atoms with Crippen LogP contribution >= 0.6 is 0 Å². The summed E-state index contributed by atoms with van der Waals surface area (Å²) in [6.45, 7) is 3.06. The number of anilines is 1.